The summed E-state index contributed by atoms with van der Waals surface area (Å²) in [5.41, 5.74) is 3.97. The molecule has 0 spiro atoms. The highest BCUT2D eigenvalue weighted by Gasteiger charge is 2.30. The first-order valence-corrected chi connectivity index (χ1v) is 13.0. The van der Waals surface area contributed by atoms with Gasteiger partial charge in [-0.3, -0.25) is 9.20 Å². The Hall–Kier alpha value is -3.88. The molecule has 0 unspecified atom stereocenters. The fraction of sp³-hybridized carbons (Fsp3) is 0.448. The molecule has 5 rings (SSSR count). The molecule has 3 aromatic heterocycles. The second kappa shape index (κ2) is 9.78. The molecular weight excluding hydrogens is 484 g/mol. The molecule has 2 aliphatic rings. The number of ether oxygens (including phenoxy) is 2. The minimum Gasteiger partial charge on any atom is -0.465 e. The van der Waals surface area contributed by atoms with E-state index in [9.17, 15) is 14.4 Å². The van der Waals surface area contributed by atoms with Gasteiger partial charge in [-0.1, -0.05) is 0 Å². The summed E-state index contributed by atoms with van der Waals surface area (Å²) in [6.07, 6.45) is 5.38. The zero-order chi connectivity index (χ0) is 27.2. The Bertz CT molecular complexity index is 1440. The molecule has 2 fully saturated rings. The van der Waals surface area contributed by atoms with E-state index >= 15 is 0 Å². The largest absolute Gasteiger partial charge is 0.465 e. The van der Waals surface area contributed by atoms with Crippen LogP contribution in [0.2, 0.25) is 0 Å². The molecule has 200 valence electrons. The van der Waals surface area contributed by atoms with Crippen molar-refractivity contribution in [2.75, 3.05) is 38.2 Å². The first-order valence-electron chi connectivity index (χ1n) is 13.0. The maximum absolute atomic E-state index is 13.1. The molecular formula is C29H34N4O5. The summed E-state index contributed by atoms with van der Waals surface area (Å²) in [6, 6.07) is 7.66. The summed E-state index contributed by atoms with van der Waals surface area (Å²) in [5.74, 6) is 0.580. The summed E-state index contributed by atoms with van der Waals surface area (Å²) in [5, 5.41) is 0. The van der Waals surface area contributed by atoms with Gasteiger partial charge < -0.3 is 19.3 Å². The van der Waals surface area contributed by atoms with Gasteiger partial charge in [-0.25, -0.2) is 14.6 Å². The quantitative estimate of drug-likeness (QED) is 0.473. The number of esters is 1. The molecule has 0 radical (unpaired) electrons. The first kappa shape index (κ1) is 25.8. The van der Waals surface area contributed by atoms with Crippen molar-refractivity contribution in [3.63, 3.8) is 0 Å². The maximum Gasteiger partial charge on any atom is 0.410 e. The number of hydrogen-bond acceptors (Lipinski definition) is 7. The van der Waals surface area contributed by atoms with E-state index in [0.717, 1.165) is 46.4 Å². The van der Waals surface area contributed by atoms with E-state index in [1.807, 2.05) is 52.1 Å². The van der Waals surface area contributed by atoms with E-state index < -0.39 is 11.6 Å². The van der Waals surface area contributed by atoms with Gasteiger partial charge >= 0.3 is 12.1 Å². The number of fused-ring (bicyclic) bond motifs is 1. The average Bonchev–Trinajstić information content (AvgIpc) is 3.74. The Balaban J connectivity index is 1.39. The molecule has 0 N–H and O–H groups in total. The summed E-state index contributed by atoms with van der Waals surface area (Å²) in [4.78, 5) is 46.3. The van der Waals surface area contributed by atoms with E-state index in [0.29, 0.717) is 32.1 Å². The van der Waals surface area contributed by atoms with Crippen LogP contribution in [0.25, 0.3) is 16.6 Å². The number of methoxy groups -OCH3 is 1. The van der Waals surface area contributed by atoms with Crippen molar-refractivity contribution in [3.05, 3.63) is 63.7 Å². The topological polar surface area (TPSA) is 93.4 Å². The number of anilines is 1. The van der Waals surface area contributed by atoms with Crippen molar-refractivity contribution in [1.82, 2.24) is 14.3 Å². The number of piperazine rings is 1. The van der Waals surface area contributed by atoms with Crippen LogP contribution in [0.4, 0.5) is 10.6 Å². The van der Waals surface area contributed by atoms with Gasteiger partial charge in [0.1, 0.15) is 17.0 Å². The second-order valence-corrected chi connectivity index (χ2v) is 11.0. The van der Waals surface area contributed by atoms with Crippen molar-refractivity contribution in [2.45, 2.75) is 52.1 Å². The molecule has 1 saturated heterocycles. The van der Waals surface area contributed by atoms with Crippen LogP contribution >= 0.6 is 0 Å². The lowest BCUT2D eigenvalue weighted by atomic mass is 9.97. The van der Waals surface area contributed by atoms with Crippen molar-refractivity contribution >= 4 is 23.4 Å². The highest BCUT2D eigenvalue weighted by molar-refractivity contribution is 5.90. The van der Waals surface area contributed by atoms with Crippen molar-refractivity contribution < 1.29 is 19.1 Å². The molecule has 1 amide bonds. The fourth-order valence-corrected chi connectivity index (χ4v) is 5.05. The molecule has 38 heavy (non-hydrogen) atoms. The molecule has 0 atom stereocenters. The highest BCUT2D eigenvalue weighted by atomic mass is 16.6. The van der Waals surface area contributed by atoms with Crippen molar-refractivity contribution in [1.29, 1.82) is 0 Å². The normalized spacial score (nSPS) is 16.0. The van der Waals surface area contributed by atoms with Gasteiger partial charge in [0, 0.05) is 44.1 Å². The van der Waals surface area contributed by atoms with Gasteiger partial charge in [0.25, 0.3) is 5.56 Å². The van der Waals surface area contributed by atoms with E-state index in [4.69, 9.17) is 14.5 Å². The van der Waals surface area contributed by atoms with Gasteiger partial charge in [0.2, 0.25) is 0 Å². The van der Waals surface area contributed by atoms with Crippen LogP contribution in [0.15, 0.2) is 41.5 Å². The number of pyridine rings is 3. The van der Waals surface area contributed by atoms with Crippen LogP contribution in [-0.4, -0.2) is 65.2 Å². The molecule has 9 nitrogen and oxygen atoms in total. The number of aromatic nitrogens is 2. The molecule has 1 aliphatic carbocycles. The number of nitrogens with zero attached hydrogens (tertiary/aromatic N) is 4. The Morgan fingerprint density at radius 2 is 1.76 bits per heavy atom. The Morgan fingerprint density at radius 1 is 1.05 bits per heavy atom. The fourth-order valence-electron chi connectivity index (χ4n) is 5.05. The van der Waals surface area contributed by atoms with Gasteiger partial charge in [-0.15, -0.1) is 0 Å². The third-order valence-corrected chi connectivity index (χ3v) is 7.15. The van der Waals surface area contributed by atoms with Gasteiger partial charge in [0.05, 0.1) is 12.6 Å². The van der Waals surface area contributed by atoms with E-state index in [1.54, 1.807) is 21.6 Å². The smallest absolute Gasteiger partial charge is 0.410 e. The Kier molecular flexibility index (Phi) is 6.63. The molecule has 1 aliphatic heterocycles. The highest BCUT2D eigenvalue weighted by Crippen LogP contribution is 2.43. The molecule has 4 heterocycles. The third-order valence-electron chi connectivity index (χ3n) is 7.15. The van der Waals surface area contributed by atoms with E-state index in [1.165, 1.54) is 7.11 Å². The molecule has 3 aromatic rings. The molecule has 9 heteroatoms. The molecule has 1 saturated carbocycles. The zero-order valence-electron chi connectivity index (χ0n) is 22.6. The predicted octanol–water partition coefficient (Wildman–Crippen LogP) is 4.39. The SMILES string of the molecule is COC(=O)c1cc(C2CC2)c2c(C)c(-c3ccc(N4CCN(C(=O)OC(C)(C)C)CC4)nc3)ccn2c1=O. The summed E-state index contributed by atoms with van der Waals surface area (Å²) in [7, 11) is 1.29. The number of carbonyl (C=O) groups excluding carboxylic acids is 2. The molecule has 0 aromatic carbocycles. The minimum atomic E-state index is -0.611. The standard InChI is InChI=1S/C29H34N4O5/c1-18-21(10-11-33-25(18)22(19-6-7-19)16-23(26(33)34)27(35)37-5)20-8-9-24(30-17-20)31-12-14-32(15-13-31)28(36)38-29(2,3)4/h8-11,16-17,19H,6-7,12-15H2,1-5H3. The summed E-state index contributed by atoms with van der Waals surface area (Å²) < 4.78 is 11.9. The van der Waals surface area contributed by atoms with Crippen LogP contribution < -0.4 is 10.5 Å². The Morgan fingerprint density at radius 3 is 2.34 bits per heavy atom. The number of aryl methyl sites for hydroxylation is 1. The zero-order valence-corrected chi connectivity index (χ0v) is 22.6. The second-order valence-electron chi connectivity index (χ2n) is 11.0. The predicted molar refractivity (Wildman–Crippen MR) is 145 cm³/mol. The van der Waals surface area contributed by atoms with Gasteiger partial charge in [0.15, 0.2) is 0 Å². The number of carbonyl (C=O) groups is 2. The minimum absolute atomic E-state index is 0.0665. The van der Waals surface area contributed by atoms with Crippen LogP contribution in [0.5, 0.6) is 0 Å². The lowest BCUT2D eigenvalue weighted by Crippen LogP contribution is -2.50. The van der Waals surface area contributed by atoms with E-state index in [2.05, 4.69) is 4.90 Å². The lowest BCUT2D eigenvalue weighted by molar-refractivity contribution is 0.0240. The van der Waals surface area contributed by atoms with Crippen LogP contribution in [0.3, 0.4) is 0 Å². The number of amides is 1. The number of rotatable bonds is 4. The van der Waals surface area contributed by atoms with E-state index in [-0.39, 0.29) is 17.2 Å². The Labute approximate surface area is 222 Å². The maximum atomic E-state index is 13.1. The average molecular weight is 519 g/mol. The third kappa shape index (κ3) is 4.97. The number of hydrogen-bond donors (Lipinski definition) is 0. The van der Waals surface area contributed by atoms with Crippen LogP contribution in [0, 0.1) is 6.92 Å². The lowest BCUT2D eigenvalue weighted by Gasteiger charge is -2.36. The van der Waals surface area contributed by atoms with Gasteiger partial charge in [-0.2, -0.15) is 0 Å². The van der Waals surface area contributed by atoms with Crippen molar-refractivity contribution in [3.8, 4) is 11.1 Å². The van der Waals surface area contributed by atoms with Crippen molar-refractivity contribution in [2.24, 2.45) is 0 Å². The molecule has 0 bridgehead atoms. The summed E-state index contributed by atoms with van der Waals surface area (Å²) in [6.45, 7) is 10.1. The van der Waals surface area contributed by atoms with Gasteiger partial charge in [-0.05, 0) is 87.4 Å². The van der Waals surface area contributed by atoms with Crippen LogP contribution in [-0.2, 0) is 9.47 Å². The monoisotopic (exact) mass is 518 g/mol. The van der Waals surface area contributed by atoms with Crippen LogP contribution in [0.1, 0.15) is 61.0 Å². The first-order chi connectivity index (χ1) is 18.1. The summed E-state index contributed by atoms with van der Waals surface area (Å²) >= 11 is 0.